The highest BCUT2D eigenvalue weighted by molar-refractivity contribution is 6.64. The third-order valence-corrected chi connectivity index (χ3v) is 5.49. The van der Waals surface area contributed by atoms with Crippen LogP contribution in [0.25, 0.3) is 21.9 Å². The molecule has 0 saturated heterocycles. The Kier molecular flexibility index (Phi) is 5.74. The van der Waals surface area contributed by atoms with Gasteiger partial charge in [0, 0.05) is 11.1 Å². The molecule has 0 radical (unpaired) electrons. The maximum Gasteiger partial charge on any atom is 0.216 e. The fourth-order valence-electron chi connectivity index (χ4n) is 3.95. The molecular weight excluding hydrogens is 406 g/mol. The fourth-order valence-corrected chi connectivity index (χ4v) is 4.04. The number of hydrogen-bond donors (Lipinski definition) is 3. The first kappa shape index (κ1) is 20.6. The number of aliphatic imine (C=N–C) groups is 1. The molecule has 5 heteroatoms. The molecule has 0 aliphatic carbocycles. The summed E-state index contributed by atoms with van der Waals surface area (Å²) in [4.78, 5) is 3.86. The summed E-state index contributed by atoms with van der Waals surface area (Å²) in [5.74, 6) is 0.488. The van der Waals surface area contributed by atoms with Crippen LogP contribution in [0.1, 0.15) is 22.3 Å². The number of amidine groups is 2. The lowest BCUT2D eigenvalue weighted by Crippen LogP contribution is -2.14. The smallest absolute Gasteiger partial charge is 0.216 e. The van der Waals surface area contributed by atoms with E-state index in [0.29, 0.717) is 6.42 Å². The van der Waals surface area contributed by atoms with Crippen molar-refractivity contribution >= 4 is 33.5 Å². The van der Waals surface area contributed by atoms with Crippen molar-refractivity contribution in [2.24, 2.45) is 10.7 Å². The minimum Gasteiger partial charge on any atom is -0.507 e. The molecule has 4 aromatic carbocycles. The molecule has 4 aromatic rings. The molecule has 0 aromatic heterocycles. The van der Waals surface area contributed by atoms with Crippen LogP contribution in [0.3, 0.4) is 0 Å². The Labute approximate surface area is 186 Å². The molecule has 154 valence electrons. The van der Waals surface area contributed by atoms with E-state index in [1.54, 1.807) is 6.07 Å². The van der Waals surface area contributed by atoms with Crippen LogP contribution in [0, 0.1) is 12.3 Å². The van der Waals surface area contributed by atoms with Crippen molar-refractivity contribution in [1.82, 2.24) is 0 Å². The van der Waals surface area contributed by atoms with Crippen LogP contribution in [0.2, 0.25) is 0 Å². The molecule has 0 bridgehead atoms. The molecule has 4 nitrogen and oxygen atoms in total. The lowest BCUT2D eigenvalue weighted by Gasteiger charge is -2.15. The highest BCUT2D eigenvalue weighted by atomic mass is 35.5. The van der Waals surface area contributed by atoms with Crippen LogP contribution in [-0.2, 0) is 6.42 Å². The number of phenols is 1. The van der Waals surface area contributed by atoms with E-state index in [2.05, 4.69) is 23.2 Å². The Morgan fingerprint density at radius 1 is 0.968 bits per heavy atom. The van der Waals surface area contributed by atoms with Gasteiger partial charge >= 0.3 is 0 Å². The van der Waals surface area contributed by atoms with Crippen LogP contribution in [-0.4, -0.2) is 16.2 Å². The first-order chi connectivity index (χ1) is 14.9. The topological polar surface area (TPSA) is 82.5 Å². The van der Waals surface area contributed by atoms with Gasteiger partial charge in [0.05, 0.1) is 0 Å². The van der Waals surface area contributed by atoms with Gasteiger partial charge in [-0.15, -0.1) is 0 Å². The highest BCUT2D eigenvalue weighted by Crippen LogP contribution is 2.36. The predicted molar refractivity (Wildman–Crippen MR) is 129 cm³/mol. The summed E-state index contributed by atoms with van der Waals surface area (Å²) in [6, 6.07) is 25.8. The summed E-state index contributed by atoms with van der Waals surface area (Å²) < 4.78 is 0. The largest absolute Gasteiger partial charge is 0.507 e. The zero-order valence-corrected chi connectivity index (χ0v) is 17.8. The van der Waals surface area contributed by atoms with Crippen LogP contribution in [0.15, 0.2) is 83.9 Å². The summed E-state index contributed by atoms with van der Waals surface area (Å²) in [5.41, 5.74) is 11.9. The van der Waals surface area contributed by atoms with Gasteiger partial charge in [0.2, 0.25) is 5.29 Å². The zero-order valence-electron chi connectivity index (χ0n) is 17.1. The van der Waals surface area contributed by atoms with E-state index in [-0.39, 0.29) is 16.9 Å². The Bertz CT molecular complexity index is 1310. The van der Waals surface area contributed by atoms with Gasteiger partial charge in [0.15, 0.2) is 0 Å². The number of nitrogens with two attached hydrogens (primary N) is 1. The molecule has 0 aliphatic rings. The minimum absolute atomic E-state index is 0.210. The summed E-state index contributed by atoms with van der Waals surface area (Å²) in [5, 5.41) is 19.7. The quantitative estimate of drug-likeness (QED) is 0.212. The van der Waals surface area contributed by atoms with Crippen molar-refractivity contribution < 1.29 is 5.11 Å². The maximum absolute atomic E-state index is 10.5. The molecule has 0 heterocycles. The average Bonchev–Trinajstić information content (AvgIpc) is 2.74. The Hall–Kier alpha value is -3.63. The lowest BCUT2D eigenvalue weighted by molar-refractivity contribution is 0.477. The molecule has 4 rings (SSSR count). The molecule has 0 saturated carbocycles. The number of nitrogens with one attached hydrogen (secondary N) is 1. The summed E-state index contributed by atoms with van der Waals surface area (Å²) in [6.45, 7) is 2.01. The van der Waals surface area contributed by atoms with Gasteiger partial charge in [-0.3, -0.25) is 5.41 Å². The zero-order chi connectivity index (χ0) is 22.0. The van der Waals surface area contributed by atoms with E-state index in [4.69, 9.17) is 22.7 Å². The van der Waals surface area contributed by atoms with Gasteiger partial charge in [0.1, 0.15) is 11.6 Å². The molecule has 0 spiro atoms. The first-order valence-electron chi connectivity index (χ1n) is 9.91. The minimum atomic E-state index is -0.349. The molecule has 0 amide bonds. The molecule has 0 atom stereocenters. The molecular formula is C26H22ClN3O. The lowest BCUT2D eigenvalue weighted by atomic mass is 9.90. The number of aryl methyl sites for hydroxylation is 1. The van der Waals surface area contributed by atoms with E-state index >= 15 is 0 Å². The number of hydrogen-bond acceptors (Lipinski definition) is 2. The van der Waals surface area contributed by atoms with E-state index < -0.39 is 0 Å². The van der Waals surface area contributed by atoms with Gasteiger partial charge in [-0.2, -0.15) is 0 Å². The maximum atomic E-state index is 10.5. The Balaban J connectivity index is 1.83. The van der Waals surface area contributed by atoms with E-state index in [9.17, 15) is 5.11 Å². The van der Waals surface area contributed by atoms with Crippen molar-refractivity contribution in [2.45, 2.75) is 13.3 Å². The summed E-state index contributed by atoms with van der Waals surface area (Å²) >= 11 is 5.58. The monoisotopic (exact) mass is 427 g/mol. The predicted octanol–water partition coefficient (Wildman–Crippen LogP) is 5.99. The third kappa shape index (κ3) is 4.30. The van der Waals surface area contributed by atoms with Gasteiger partial charge < -0.3 is 10.8 Å². The van der Waals surface area contributed by atoms with Gasteiger partial charge in [-0.05, 0) is 70.1 Å². The van der Waals surface area contributed by atoms with E-state index in [0.717, 1.165) is 44.2 Å². The highest BCUT2D eigenvalue weighted by Gasteiger charge is 2.13. The van der Waals surface area contributed by atoms with Crippen LogP contribution in [0.5, 0.6) is 5.75 Å². The first-order valence-corrected chi connectivity index (χ1v) is 10.3. The van der Waals surface area contributed by atoms with Gasteiger partial charge in [0.25, 0.3) is 0 Å². The standard InChI is InChI=1S/C26H22ClN3O/c1-16-6-4-11-23(31)24(16)21-10-3-2-7-18(21)14-19-9-5-8-17-12-13-20(15-22(17)19)25(28)30-26(27)29/h2-13,15,31H,14H2,1H3,(H3,28,29,30). The molecule has 0 aliphatic heterocycles. The normalized spacial score (nSPS) is 11.6. The third-order valence-electron chi connectivity index (χ3n) is 5.41. The van der Waals surface area contributed by atoms with E-state index in [1.165, 1.54) is 0 Å². The Morgan fingerprint density at radius 2 is 1.71 bits per heavy atom. The number of rotatable bonds is 4. The van der Waals surface area contributed by atoms with Crippen LogP contribution in [0.4, 0.5) is 0 Å². The van der Waals surface area contributed by atoms with Gasteiger partial charge in [-0.1, -0.05) is 66.7 Å². The second-order valence-electron chi connectivity index (χ2n) is 7.44. The Morgan fingerprint density at radius 3 is 2.48 bits per heavy atom. The number of benzene rings is 4. The van der Waals surface area contributed by atoms with Crippen molar-refractivity contribution in [3.8, 4) is 16.9 Å². The van der Waals surface area contributed by atoms with Crippen molar-refractivity contribution in [1.29, 1.82) is 5.41 Å². The number of aromatic hydroxyl groups is 1. The van der Waals surface area contributed by atoms with Gasteiger partial charge in [-0.25, -0.2) is 4.99 Å². The SMILES string of the molecule is Cc1cccc(O)c1-c1ccccc1Cc1cccc2ccc(/C(N)=N/C(=N)Cl)cc12. The van der Waals surface area contributed by atoms with Crippen molar-refractivity contribution in [3.63, 3.8) is 0 Å². The van der Waals surface area contributed by atoms with Crippen LogP contribution < -0.4 is 5.73 Å². The van der Waals surface area contributed by atoms with E-state index in [1.807, 2.05) is 61.5 Å². The molecule has 31 heavy (non-hydrogen) atoms. The number of nitrogens with zero attached hydrogens (tertiary/aromatic N) is 1. The average molecular weight is 428 g/mol. The summed E-state index contributed by atoms with van der Waals surface area (Å²) in [6.07, 6.45) is 0.688. The van der Waals surface area contributed by atoms with Crippen molar-refractivity contribution in [3.05, 3.63) is 101 Å². The summed E-state index contributed by atoms with van der Waals surface area (Å²) in [7, 11) is 0. The molecule has 0 fully saturated rings. The molecule has 4 N–H and O–H groups in total. The molecule has 0 unspecified atom stereocenters. The second-order valence-corrected chi connectivity index (χ2v) is 7.80. The number of fused-ring (bicyclic) bond motifs is 1. The van der Waals surface area contributed by atoms with Crippen molar-refractivity contribution in [2.75, 3.05) is 0 Å². The number of halogens is 1. The number of phenolic OH excluding ortho intramolecular Hbond substituents is 1. The van der Waals surface area contributed by atoms with Crippen LogP contribution >= 0.6 is 11.6 Å². The fraction of sp³-hybridized carbons (Fsp3) is 0.0769. The second kappa shape index (κ2) is 8.62.